The quantitative estimate of drug-likeness (QED) is 0.769. The summed E-state index contributed by atoms with van der Waals surface area (Å²) in [5.41, 5.74) is -0.725. The molecule has 0 aliphatic rings. The summed E-state index contributed by atoms with van der Waals surface area (Å²) < 4.78 is 39.3. The molecule has 0 fully saturated rings. The van der Waals surface area contributed by atoms with Crippen molar-refractivity contribution in [3.05, 3.63) is 41.6 Å². The molecule has 11 heteroatoms. The molecule has 0 aliphatic carbocycles. The molecule has 1 N–H and O–H groups in total. The van der Waals surface area contributed by atoms with E-state index >= 15 is 0 Å². The molecule has 0 atom stereocenters. The summed E-state index contributed by atoms with van der Waals surface area (Å²) in [7, 11) is 1.62. The first-order valence-electron chi connectivity index (χ1n) is 6.40. The molecule has 0 spiro atoms. The van der Waals surface area contributed by atoms with Gasteiger partial charge in [-0.05, 0) is 6.07 Å². The minimum atomic E-state index is -4.60. The van der Waals surface area contributed by atoms with Gasteiger partial charge in [-0.2, -0.15) is 33.3 Å². The number of amides is 1. The Kier molecular flexibility index (Phi) is 3.47. The summed E-state index contributed by atoms with van der Waals surface area (Å²) in [5.74, 6) is -0.630. The number of alkyl halides is 3. The molecule has 0 bridgehead atoms. The molecule has 0 aliphatic heterocycles. The highest BCUT2D eigenvalue weighted by Gasteiger charge is 2.34. The zero-order valence-electron chi connectivity index (χ0n) is 11.7. The number of carbonyl (C=O) groups excluding carboxylic acids is 1. The SMILES string of the molecule is Cn1ncc(CNC(=O)c2cc3nccc(C(F)(F)F)n3n2)n1. The summed E-state index contributed by atoms with van der Waals surface area (Å²) >= 11 is 0. The van der Waals surface area contributed by atoms with Gasteiger partial charge in [0.15, 0.2) is 11.3 Å². The minimum absolute atomic E-state index is 0.0653. The van der Waals surface area contributed by atoms with E-state index in [0.29, 0.717) is 10.2 Å². The van der Waals surface area contributed by atoms with Crippen LogP contribution in [0.5, 0.6) is 0 Å². The van der Waals surface area contributed by atoms with Crippen LogP contribution in [0.3, 0.4) is 0 Å². The topological polar surface area (TPSA) is 90.0 Å². The van der Waals surface area contributed by atoms with Gasteiger partial charge in [0.1, 0.15) is 11.4 Å². The summed E-state index contributed by atoms with van der Waals surface area (Å²) in [6, 6.07) is 1.97. The van der Waals surface area contributed by atoms with Crippen molar-refractivity contribution in [2.24, 2.45) is 7.05 Å². The van der Waals surface area contributed by atoms with Crippen LogP contribution in [0.25, 0.3) is 5.65 Å². The molecule has 0 aromatic carbocycles. The summed E-state index contributed by atoms with van der Waals surface area (Å²) in [6.07, 6.45) is -2.12. The molecular weight excluding hydrogens is 315 g/mol. The van der Waals surface area contributed by atoms with Crippen LogP contribution >= 0.6 is 0 Å². The first-order valence-corrected chi connectivity index (χ1v) is 6.40. The molecule has 3 aromatic heterocycles. The maximum atomic E-state index is 12.9. The standard InChI is InChI=1S/C12H10F3N7O/c1-21-18-6-7(19-21)5-17-11(23)8-4-10-16-3-2-9(12(13,14)15)22(10)20-8/h2-4,6H,5H2,1H3,(H,17,23). The van der Waals surface area contributed by atoms with E-state index in [2.05, 4.69) is 25.6 Å². The van der Waals surface area contributed by atoms with Gasteiger partial charge in [-0.1, -0.05) is 0 Å². The van der Waals surface area contributed by atoms with E-state index in [4.69, 9.17) is 0 Å². The molecule has 120 valence electrons. The smallest absolute Gasteiger partial charge is 0.345 e. The second-order valence-corrected chi connectivity index (χ2v) is 4.64. The Morgan fingerprint density at radius 1 is 1.35 bits per heavy atom. The maximum absolute atomic E-state index is 12.9. The van der Waals surface area contributed by atoms with E-state index in [1.165, 1.54) is 17.1 Å². The van der Waals surface area contributed by atoms with Crippen molar-refractivity contribution in [3.63, 3.8) is 0 Å². The van der Waals surface area contributed by atoms with E-state index in [1.54, 1.807) is 7.05 Å². The van der Waals surface area contributed by atoms with Crippen LogP contribution in [0.15, 0.2) is 24.5 Å². The number of hydrogen-bond donors (Lipinski definition) is 1. The predicted octanol–water partition coefficient (Wildman–Crippen LogP) is 0.807. The van der Waals surface area contributed by atoms with E-state index in [1.807, 2.05) is 0 Å². The predicted molar refractivity (Wildman–Crippen MR) is 70.2 cm³/mol. The normalized spacial score (nSPS) is 11.8. The number of nitrogens with one attached hydrogen (secondary N) is 1. The maximum Gasteiger partial charge on any atom is 0.433 e. The van der Waals surface area contributed by atoms with E-state index in [-0.39, 0.29) is 17.9 Å². The third kappa shape index (κ3) is 2.98. The Bertz CT molecular complexity index is 867. The number of fused-ring (bicyclic) bond motifs is 1. The van der Waals surface area contributed by atoms with Crippen molar-refractivity contribution >= 4 is 11.6 Å². The van der Waals surface area contributed by atoms with Crippen molar-refractivity contribution in [2.45, 2.75) is 12.7 Å². The summed E-state index contributed by atoms with van der Waals surface area (Å²) in [5, 5.41) is 14.0. The van der Waals surface area contributed by atoms with Gasteiger partial charge in [-0.15, -0.1) is 0 Å². The van der Waals surface area contributed by atoms with Gasteiger partial charge in [0.2, 0.25) is 0 Å². The fourth-order valence-electron chi connectivity index (χ4n) is 1.95. The molecule has 0 saturated heterocycles. The summed E-state index contributed by atoms with van der Waals surface area (Å²) in [6.45, 7) is 0.0834. The molecule has 3 rings (SSSR count). The lowest BCUT2D eigenvalue weighted by atomic mass is 10.3. The monoisotopic (exact) mass is 325 g/mol. The largest absolute Gasteiger partial charge is 0.433 e. The van der Waals surface area contributed by atoms with Crippen molar-refractivity contribution in [3.8, 4) is 0 Å². The van der Waals surface area contributed by atoms with Crippen LogP contribution < -0.4 is 5.32 Å². The van der Waals surface area contributed by atoms with Gasteiger partial charge >= 0.3 is 6.18 Å². The molecule has 0 unspecified atom stereocenters. The van der Waals surface area contributed by atoms with Gasteiger partial charge in [0.05, 0.1) is 12.7 Å². The molecule has 8 nitrogen and oxygen atoms in total. The van der Waals surface area contributed by atoms with Crippen molar-refractivity contribution < 1.29 is 18.0 Å². The Labute approximate surface area is 126 Å². The minimum Gasteiger partial charge on any atom is -0.345 e. The Balaban J connectivity index is 1.84. The van der Waals surface area contributed by atoms with Crippen molar-refractivity contribution in [1.29, 1.82) is 0 Å². The highest BCUT2D eigenvalue weighted by atomic mass is 19.4. The average molecular weight is 325 g/mol. The number of aromatic nitrogens is 6. The highest BCUT2D eigenvalue weighted by Crippen LogP contribution is 2.28. The fourth-order valence-corrected chi connectivity index (χ4v) is 1.95. The molecule has 23 heavy (non-hydrogen) atoms. The van der Waals surface area contributed by atoms with Gasteiger partial charge in [0, 0.05) is 19.3 Å². The Hall–Kier alpha value is -2.98. The van der Waals surface area contributed by atoms with E-state index < -0.39 is 17.8 Å². The number of rotatable bonds is 3. The van der Waals surface area contributed by atoms with Crippen LogP contribution in [-0.4, -0.2) is 35.5 Å². The lowest BCUT2D eigenvalue weighted by Crippen LogP contribution is -2.23. The van der Waals surface area contributed by atoms with Gasteiger partial charge in [0.25, 0.3) is 5.91 Å². The van der Waals surface area contributed by atoms with Crippen LogP contribution in [0.1, 0.15) is 21.9 Å². The second-order valence-electron chi connectivity index (χ2n) is 4.64. The molecule has 1 amide bonds. The zero-order chi connectivity index (χ0) is 16.6. The first kappa shape index (κ1) is 14.9. The third-order valence-corrected chi connectivity index (χ3v) is 2.96. The molecule has 3 aromatic rings. The number of halogens is 3. The van der Waals surface area contributed by atoms with E-state index in [0.717, 1.165) is 12.3 Å². The fraction of sp³-hybridized carbons (Fsp3) is 0.250. The van der Waals surface area contributed by atoms with Crippen LogP contribution in [0.4, 0.5) is 13.2 Å². The summed E-state index contributed by atoms with van der Waals surface area (Å²) in [4.78, 5) is 17.1. The molecule has 0 saturated carbocycles. The highest BCUT2D eigenvalue weighted by molar-refractivity contribution is 5.93. The second kappa shape index (κ2) is 5.34. The van der Waals surface area contributed by atoms with Crippen LogP contribution in [0.2, 0.25) is 0 Å². The molecule has 3 heterocycles. The molecule has 0 radical (unpaired) electrons. The first-order chi connectivity index (χ1) is 10.8. The lowest BCUT2D eigenvalue weighted by Gasteiger charge is -2.07. The number of carbonyl (C=O) groups is 1. The van der Waals surface area contributed by atoms with Gasteiger partial charge in [-0.25, -0.2) is 9.50 Å². The van der Waals surface area contributed by atoms with E-state index in [9.17, 15) is 18.0 Å². The Morgan fingerprint density at radius 3 is 2.78 bits per heavy atom. The van der Waals surface area contributed by atoms with Gasteiger partial charge < -0.3 is 5.32 Å². The lowest BCUT2D eigenvalue weighted by molar-refractivity contribution is -0.142. The molecular formula is C12H10F3N7O. The van der Waals surface area contributed by atoms with Crippen molar-refractivity contribution in [1.82, 2.24) is 34.9 Å². The van der Waals surface area contributed by atoms with Gasteiger partial charge in [-0.3, -0.25) is 4.79 Å². The number of nitrogens with zero attached hydrogens (tertiary/aromatic N) is 6. The number of hydrogen-bond acceptors (Lipinski definition) is 5. The van der Waals surface area contributed by atoms with Crippen molar-refractivity contribution in [2.75, 3.05) is 0 Å². The third-order valence-electron chi connectivity index (χ3n) is 2.96. The number of aryl methyl sites for hydroxylation is 1. The zero-order valence-corrected chi connectivity index (χ0v) is 11.7. The van der Waals surface area contributed by atoms with Crippen LogP contribution in [-0.2, 0) is 19.8 Å². The Morgan fingerprint density at radius 2 is 2.13 bits per heavy atom. The van der Waals surface area contributed by atoms with Crippen LogP contribution in [0, 0.1) is 0 Å². The average Bonchev–Trinajstić information content (AvgIpc) is 3.09.